The summed E-state index contributed by atoms with van der Waals surface area (Å²) in [5.41, 5.74) is 1.80. The van der Waals surface area contributed by atoms with Gasteiger partial charge in [-0.05, 0) is 61.4 Å². The second kappa shape index (κ2) is 11.5. The smallest absolute Gasteiger partial charge is 0.339 e. The molecule has 1 fully saturated rings. The highest BCUT2D eigenvalue weighted by atomic mass is 16.5. The maximum absolute atomic E-state index is 11.7. The number of benzene rings is 2. The minimum Gasteiger partial charge on any atom is -0.494 e. The van der Waals surface area contributed by atoms with E-state index in [2.05, 4.69) is 46.1 Å². The van der Waals surface area contributed by atoms with Crippen molar-refractivity contribution in [2.75, 3.05) is 24.6 Å². The van der Waals surface area contributed by atoms with Crippen molar-refractivity contribution < 1.29 is 19.4 Å². The third-order valence-electron chi connectivity index (χ3n) is 6.02. The highest BCUT2D eigenvalue weighted by Gasteiger charge is 2.23. The first kappa shape index (κ1) is 23.5. The molecule has 1 aliphatic rings. The van der Waals surface area contributed by atoms with E-state index in [4.69, 9.17) is 9.47 Å². The molecule has 2 aromatic carbocycles. The van der Waals surface area contributed by atoms with Crippen LogP contribution >= 0.6 is 0 Å². The standard InChI is InChI=1S/C27H31N3O4/c1-2-16-33-22-8-10-23(11-9-22)34-19-25-24(26(31)32)18-28-27(29-25)30-14-12-21(13-15-30)17-20-6-4-3-5-7-20/h3-11,18,21H,2,12-17,19H2,1H3,(H,31,32). The predicted octanol–water partition coefficient (Wildman–Crippen LogP) is 5.00. The van der Waals surface area contributed by atoms with Crippen LogP contribution in [0, 0.1) is 5.92 Å². The van der Waals surface area contributed by atoms with Crippen LogP contribution in [0.5, 0.6) is 11.5 Å². The third kappa shape index (κ3) is 6.25. The quantitative estimate of drug-likeness (QED) is 0.455. The summed E-state index contributed by atoms with van der Waals surface area (Å²) < 4.78 is 11.4. The van der Waals surface area contributed by atoms with Gasteiger partial charge in [0, 0.05) is 19.3 Å². The van der Waals surface area contributed by atoms with Crippen LogP contribution in [0.1, 0.15) is 47.8 Å². The molecule has 1 aromatic heterocycles. The van der Waals surface area contributed by atoms with Crippen molar-refractivity contribution in [3.63, 3.8) is 0 Å². The first-order valence-corrected chi connectivity index (χ1v) is 11.9. The summed E-state index contributed by atoms with van der Waals surface area (Å²) >= 11 is 0. The van der Waals surface area contributed by atoms with E-state index >= 15 is 0 Å². The van der Waals surface area contributed by atoms with E-state index in [1.54, 1.807) is 0 Å². The minimum atomic E-state index is -1.06. The van der Waals surface area contributed by atoms with Crippen LogP contribution < -0.4 is 14.4 Å². The number of aromatic nitrogens is 2. The summed E-state index contributed by atoms with van der Waals surface area (Å²) in [6.07, 6.45) is 5.52. The maximum Gasteiger partial charge on any atom is 0.339 e. The molecule has 1 N–H and O–H groups in total. The Bertz CT molecular complexity index is 1060. The van der Waals surface area contributed by atoms with Gasteiger partial charge in [-0.2, -0.15) is 0 Å². The number of hydrogen-bond acceptors (Lipinski definition) is 6. The van der Waals surface area contributed by atoms with Crippen molar-refractivity contribution in [1.82, 2.24) is 9.97 Å². The molecule has 1 aliphatic heterocycles. The number of anilines is 1. The molecule has 1 saturated heterocycles. The molecular formula is C27H31N3O4. The van der Waals surface area contributed by atoms with E-state index in [0.717, 1.165) is 44.5 Å². The Labute approximate surface area is 200 Å². The number of hydrogen-bond donors (Lipinski definition) is 1. The molecule has 4 rings (SSSR count). The van der Waals surface area contributed by atoms with Gasteiger partial charge < -0.3 is 19.5 Å². The fourth-order valence-electron chi connectivity index (χ4n) is 4.14. The molecule has 0 radical (unpaired) electrons. The van der Waals surface area contributed by atoms with Crippen molar-refractivity contribution in [2.45, 2.75) is 39.2 Å². The van der Waals surface area contributed by atoms with E-state index in [0.29, 0.717) is 29.9 Å². The van der Waals surface area contributed by atoms with Gasteiger partial charge in [0.1, 0.15) is 23.7 Å². The zero-order valence-electron chi connectivity index (χ0n) is 19.5. The van der Waals surface area contributed by atoms with Crippen molar-refractivity contribution in [2.24, 2.45) is 5.92 Å². The highest BCUT2D eigenvalue weighted by Crippen LogP contribution is 2.25. The first-order chi connectivity index (χ1) is 16.6. The minimum absolute atomic E-state index is 0.0524. The van der Waals surface area contributed by atoms with Crippen LogP contribution in [0.4, 0.5) is 5.95 Å². The SMILES string of the molecule is CCCOc1ccc(OCc2nc(N3CCC(Cc4ccccc4)CC3)ncc2C(=O)O)cc1. The Balaban J connectivity index is 1.38. The molecule has 0 amide bonds. The van der Waals surface area contributed by atoms with Crippen molar-refractivity contribution in [1.29, 1.82) is 0 Å². The highest BCUT2D eigenvalue weighted by molar-refractivity contribution is 5.88. The van der Waals surface area contributed by atoms with Crippen LogP contribution in [-0.2, 0) is 13.0 Å². The van der Waals surface area contributed by atoms with Gasteiger partial charge in [-0.15, -0.1) is 0 Å². The van der Waals surface area contributed by atoms with E-state index in [1.807, 2.05) is 30.3 Å². The molecule has 2 heterocycles. The Morgan fingerprint density at radius 1 is 1.03 bits per heavy atom. The Kier molecular flexibility index (Phi) is 7.96. The lowest BCUT2D eigenvalue weighted by Crippen LogP contribution is -2.35. The Morgan fingerprint density at radius 2 is 1.71 bits per heavy atom. The van der Waals surface area contributed by atoms with E-state index in [-0.39, 0.29) is 12.2 Å². The number of carboxylic acids is 1. The zero-order valence-corrected chi connectivity index (χ0v) is 19.5. The van der Waals surface area contributed by atoms with Crippen LogP contribution in [-0.4, -0.2) is 40.7 Å². The molecule has 0 spiro atoms. The first-order valence-electron chi connectivity index (χ1n) is 11.9. The summed E-state index contributed by atoms with van der Waals surface area (Å²) in [6, 6.07) is 17.9. The van der Waals surface area contributed by atoms with Gasteiger partial charge in [-0.25, -0.2) is 14.8 Å². The summed E-state index contributed by atoms with van der Waals surface area (Å²) in [5.74, 6) is 1.53. The van der Waals surface area contributed by atoms with Gasteiger partial charge in [-0.1, -0.05) is 37.3 Å². The number of rotatable bonds is 10. The number of piperidine rings is 1. The van der Waals surface area contributed by atoms with Gasteiger partial charge in [0.25, 0.3) is 0 Å². The molecule has 178 valence electrons. The van der Waals surface area contributed by atoms with Gasteiger partial charge in [0.15, 0.2) is 0 Å². The molecule has 3 aromatic rings. The number of carboxylic acid groups (broad SMARTS) is 1. The summed E-state index contributed by atoms with van der Waals surface area (Å²) in [4.78, 5) is 22.8. The molecule has 0 saturated carbocycles. The second-order valence-electron chi connectivity index (χ2n) is 8.56. The van der Waals surface area contributed by atoms with E-state index < -0.39 is 5.97 Å². The number of aromatic carboxylic acids is 1. The molecule has 0 unspecified atom stereocenters. The lowest BCUT2D eigenvalue weighted by atomic mass is 9.90. The maximum atomic E-state index is 11.7. The average molecular weight is 462 g/mol. The molecule has 34 heavy (non-hydrogen) atoms. The monoisotopic (exact) mass is 461 g/mol. The lowest BCUT2D eigenvalue weighted by molar-refractivity contribution is 0.0692. The molecule has 0 bridgehead atoms. The molecular weight excluding hydrogens is 430 g/mol. The molecule has 0 aliphatic carbocycles. The van der Waals surface area contributed by atoms with Crippen molar-refractivity contribution >= 4 is 11.9 Å². The largest absolute Gasteiger partial charge is 0.494 e. The third-order valence-corrected chi connectivity index (χ3v) is 6.02. The van der Waals surface area contributed by atoms with Gasteiger partial charge in [-0.3, -0.25) is 0 Å². The van der Waals surface area contributed by atoms with Crippen molar-refractivity contribution in [3.8, 4) is 11.5 Å². The molecule has 7 nitrogen and oxygen atoms in total. The summed E-state index contributed by atoms with van der Waals surface area (Å²) in [6.45, 7) is 4.47. The number of ether oxygens (including phenoxy) is 2. The average Bonchev–Trinajstić information content (AvgIpc) is 2.87. The van der Waals surface area contributed by atoms with E-state index in [1.165, 1.54) is 11.8 Å². The predicted molar refractivity (Wildman–Crippen MR) is 131 cm³/mol. The van der Waals surface area contributed by atoms with Gasteiger partial charge in [0.2, 0.25) is 5.95 Å². The van der Waals surface area contributed by atoms with Crippen molar-refractivity contribution in [3.05, 3.63) is 77.6 Å². The van der Waals surface area contributed by atoms with Crippen LogP contribution in [0.3, 0.4) is 0 Å². The fraction of sp³-hybridized carbons (Fsp3) is 0.370. The van der Waals surface area contributed by atoms with Crippen LogP contribution in [0.2, 0.25) is 0 Å². The molecule has 0 atom stereocenters. The van der Waals surface area contributed by atoms with Gasteiger partial charge >= 0.3 is 5.97 Å². The lowest BCUT2D eigenvalue weighted by Gasteiger charge is -2.32. The summed E-state index contributed by atoms with van der Waals surface area (Å²) in [7, 11) is 0. The number of nitrogens with zero attached hydrogens (tertiary/aromatic N) is 3. The zero-order chi connectivity index (χ0) is 23.8. The fourth-order valence-corrected chi connectivity index (χ4v) is 4.14. The Morgan fingerprint density at radius 3 is 2.35 bits per heavy atom. The van der Waals surface area contributed by atoms with Crippen LogP contribution in [0.15, 0.2) is 60.8 Å². The summed E-state index contributed by atoms with van der Waals surface area (Å²) in [5, 5.41) is 9.59. The van der Waals surface area contributed by atoms with E-state index in [9.17, 15) is 9.90 Å². The normalized spacial score (nSPS) is 14.1. The number of carbonyl (C=O) groups is 1. The second-order valence-corrected chi connectivity index (χ2v) is 8.56. The Hall–Kier alpha value is -3.61. The van der Waals surface area contributed by atoms with Crippen LogP contribution in [0.25, 0.3) is 0 Å². The van der Waals surface area contributed by atoms with Gasteiger partial charge in [0.05, 0.1) is 12.3 Å². The topological polar surface area (TPSA) is 84.8 Å². The molecule has 7 heteroatoms.